The van der Waals surface area contributed by atoms with E-state index in [1.165, 1.54) is 6.07 Å². The first-order valence-corrected chi connectivity index (χ1v) is 7.58. The highest BCUT2D eigenvalue weighted by molar-refractivity contribution is 5.28. The van der Waals surface area contributed by atoms with Gasteiger partial charge in [-0.2, -0.15) is 0 Å². The van der Waals surface area contributed by atoms with Crippen LogP contribution in [0.3, 0.4) is 0 Å². The average molecular weight is 299 g/mol. The van der Waals surface area contributed by atoms with Gasteiger partial charge in [-0.15, -0.1) is 0 Å². The molecule has 2 N–H and O–H groups in total. The zero-order chi connectivity index (χ0) is 15.8. The monoisotopic (exact) mass is 299 g/mol. The molecular weight excluding hydrogens is 275 g/mol. The van der Waals surface area contributed by atoms with E-state index in [1.54, 1.807) is 0 Å². The second-order valence-corrected chi connectivity index (χ2v) is 7.37. The van der Waals surface area contributed by atoms with E-state index in [0.29, 0.717) is 18.8 Å². The molecule has 0 heterocycles. The Bertz CT molecular complexity index is 522. The van der Waals surface area contributed by atoms with E-state index in [2.05, 4.69) is 20.8 Å². The van der Waals surface area contributed by atoms with E-state index < -0.39 is 23.0 Å². The number of hydrogen-bond donors (Lipinski definition) is 1. The normalized spacial score (nSPS) is 27.5. The van der Waals surface area contributed by atoms with Crippen LogP contribution >= 0.6 is 0 Å². The molecule has 2 rings (SSSR count). The van der Waals surface area contributed by atoms with E-state index in [4.69, 9.17) is 5.73 Å². The summed E-state index contributed by atoms with van der Waals surface area (Å²) in [7, 11) is 0. The Hall–Kier alpha value is -1.03. The second kappa shape index (κ2) is 5.64. The Balaban J connectivity index is 2.29. The average Bonchev–Trinajstić information content (AvgIpc) is 2.58. The third-order valence-corrected chi connectivity index (χ3v) is 4.91. The van der Waals surface area contributed by atoms with Crippen LogP contribution in [0.15, 0.2) is 12.1 Å². The molecule has 0 aliphatic heterocycles. The van der Waals surface area contributed by atoms with Crippen molar-refractivity contribution in [2.75, 3.05) is 0 Å². The third kappa shape index (κ3) is 3.25. The van der Waals surface area contributed by atoms with Crippen LogP contribution in [0, 0.1) is 28.8 Å². The molecule has 1 saturated carbocycles. The Morgan fingerprint density at radius 3 is 2.33 bits per heavy atom. The van der Waals surface area contributed by atoms with E-state index in [9.17, 15) is 13.2 Å². The number of benzene rings is 1. The molecule has 4 heteroatoms. The summed E-state index contributed by atoms with van der Waals surface area (Å²) < 4.78 is 40.6. The van der Waals surface area contributed by atoms with Crippen molar-refractivity contribution in [3.05, 3.63) is 35.1 Å². The van der Waals surface area contributed by atoms with Crippen molar-refractivity contribution < 1.29 is 13.2 Å². The lowest BCUT2D eigenvalue weighted by Crippen LogP contribution is -2.37. The van der Waals surface area contributed by atoms with Crippen molar-refractivity contribution >= 4 is 0 Å². The fraction of sp³-hybridized carbons (Fsp3) is 0.647. The molecule has 118 valence electrons. The molecular formula is C17H24F3N. The van der Waals surface area contributed by atoms with Gasteiger partial charge < -0.3 is 5.73 Å². The molecule has 1 aromatic carbocycles. The summed E-state index contributed by atoms with van der Waals surface area (Å²) in [6, 6.07) is 2.26. The summed E-state index contributed by atoms with van der Waals surface area (Å²) >= 11 is 0. The summed E-state index contributed by atoms with van der Waals surface area (Å²) in [4.78, 5) is 0. The molecule has 0 bridgehead atoms. The molecule has 0 saturated heterocycles. The maximum Gasteiger partial charge on any atom is 0.194 e. The Morgan fingerprint density at radius 2 is 1.71 bits per heavy atom. The predicted molar refractivity (Wildman–Crippen MR) is 78.2 cm³/mol. The summed E-state index contributed by atoms with van der Waals surface area (Å²) in [5.74, 6) is -3.21. The molecule has 1 aromatic rings. The third-order valence-electron chi connectivity index (χ3n) is 4.91. The first kappa shape index (κ1) is 16.3. The molecule has 1 fully saturated rings. The van der Waals surface area contributed by atoms with Crippen molar-refractivity contribution in [3.63, 3.8) is 0 Å². The Morgan fingerprint density at radius 1 is 1.05 bits per heavy atom. The van der Waals surface area contributed by atoms with E-state index in [-0.39, 0.29) is 11.0 Å². The van der Waals surface area contributed by atoms with Crippen LogP contribution in [0.25, 0.3) is 0 Å². The van der Waals surface area contributed by atoms with Crippen LogP contribution in [0.1, 0.15) is 58.4 Å². The highest BCUT2D eigenvalue weighted by Gasteiger charge is 2.37. The fourth-order valence-corrected chi connectivity index (χ4v) is 3.41. The molecule has 0 amide bonds. The Labute approximate surface area is 124 Å². The summed E-state index contributed by atoms with van der Waals surface area (Å²) in [5.41, 5.74) is 5.76. The molecule has 1 aliphatic carbocycles. The lowest BCUT2D eigenvalue weighted by molar-refractivity contribution is 0.210. The van der Waals surface area contributed by atoms with Crippen molar-refractivity contribution in [1.29, 1.82) is 0 Å². The van der Waals surface area contributed by atoms with Crippen LogP contribution in [0.5, 0.6) is 0 Å². The zero-order valence-electron chi connectivity index (χ0n) is 13.0. The van der Waals surface area contributed by atoms with E-state index >= 15 is 0 Å². The van der Waals surface area contributed by atoms with Crippen LogP contribution in [-0.2, 0) is 5.54 Å². The van der Waals surface area contributed by atoms with E-state index in [1.807, 2.05) is 0 Å². The largest absolute Gasteiger partial charge is 0.321 e. The molecule has 1 aliphatic rings. The van der Waals surface area contributed by atoms with Gasteiger partial charge in [-0.25, -0.2) is 13.2 Å². The van der Waals surface area contributed by atoms with Gasteiger partial charge in [0.1, 0.15) is 0 Å². The highest BCUT2D eigenvalue weighted by Crippen LogP contribution is 2.43. The molecule has 0 spiro atoms. The zero-order valence-corrected chi connectivity index (χ0v) is 13.0. The second-order valence-electron chi connectivity index (χ2n) is 7.37. The highest BCUT2D eigenvalue weighted by atomic mass is 19.2. The van der Waals surface area contributed by atoms with Gasteiger partial charge in [0, 0.05) is 11.1 Å². The summed E-state index contributed by atoms with van der Waals surface area (Å²) in [6.45, 7) is 6.58. The van der Waals surface area contributed by atoms with Crippen LogP contribution in [-0.4, -0.2) is 0 Å². The number of nitrogens with two attached hydrogens (primary N) is 1. The van der Waals surface area contributed by atoms with Gasteiger partial charge in [-0.1, -0.05) is 33.3 Å². The van der Waals surface area contributed by atoms with Crippen LogP contribution < -0.4 is 5.73 Å². The fourth-order valence-electron chi connectivity index (χ4n) is 3.41. The van der Waals surface area contributed by atoms with Crippen LogP contribution in [0.2, 0.25) is 0 Å². The van der Waals surface area contributed by atoms with Crippen molar-refractivity contribution in [1.82, 2.24) is 0 Å². The number of rotatable bonds is 1. The van der Waals surface area contributed by atoms with Crippen LogP contribution in [0.4, 0.5) is 13.2 Å². The van der Waals surface area contributed by atoms with Gasteiger partial charge in [0.15, 0.2) is 17.5 Å². The molecule has 21 heavy (non-hydrogen) atoms. The van der Waals surface area contributed by atoms with Crippen molar-refractivity contribution in [3.8, 4) is 0 Å². The maximum atomic E-state index is 14.1. The minimum atomic E-state index is -1.42. The van der Waals surface area contributed by atoms with E-state index in [0.717, 1.165) is 25.3 Å². The molecule has 0 aromatic heterocycles. The summed E-state index contributed by atoms with van der Waals surface area (Å²) in [5, 5.41) is 0. The SMILES string of the molecule is CC(C)(C)C1CCCC(N)(c2ccc(F)c(F)c2F)CC1. The minimum Gasteiger partial charge on any atom is -0.321 e. The molecule has 1 nitrogen and oxygen atoms in total. The molecule has 2 unspecified atom stereocenters. The number of hydrogen-bond acceptors (Lipinski definition) is 1. The van der Waals surface area contributed by atoms with Gasteiger partial charge >= 0.3 is 0 Å². The quantitative estimate of drug-likeness (QED) is 0.580. The summed E-state index contributed by atoms with van der Waals surface area (Å²) in [6.07, 6.45) is 3.97. The van der Waals surface area contributed by atoms with Gasteiger partial charge in [-0.05, 0) is 43.1 Å². The van der Waals surface area contributed by atoms with Gasteiger partial charge in [0.2, 0.25) is 0 Å². The standard InChI is InChI=1S/C17H24F3N/c1-16(2,3)11-5-4-9-17(21,10-8-11)12-6-7-13(18)15(20)14(12)19/h6-7,11H,4-5,8-10,21H2,1-3H3. The van der Waals surface area contributed by atoms with Crippen molar-refractivity contribution in [2.24, 2.45) is 17.1 Å². The van der Waals surface area contributed by atoms with Crippen molar-refractivity contribution in [2.45, 2.75) is 58.4 Å². The number of halogens is 3. The lowest BCUT2D eigenvalue weighted by Gasteiger charge is -2.32. The first-order chi connectivity index (χ1) is 9.65. The molecule has 0 radical (unpaired) electrons. The lowest BCUT2D eigenvalue weighted by atomic mass is 9.75. The van der Waals surface area contributed by atoms with Gasteiger partial charge in [0.05, 0.1) is 0 Å². The minimum absolute atomic E-state index is 0.107. The predicted octanol–water partition coefficient (Wildman–Crippen LogP) is 4.88. The Kier molecular flexibility index (Phi) is 4.39. The topological polar surface area (TPSA) is 26.0 Å². The molecule has 2 atom stereocenters. The van der Waals surface area contributed by atoms with Gasteiger partial charge in [-0.3, -0.25) is 0 Å². The first-order valence-electron chi connectivity index (χ1n) is 7.58. The maximum absolute atomic E-state index is 14.1. The van der Waals surface area contributed by atoms with Gasteiger partial charge in [0.25, 0.3) is 0 Å². The smallest absolute Gasteiger partial charge is 0.194 e.